The molecule has 0 amide bonds. The number of aryl methyl sites for hydroxylation is 1. The van der Waals surface area contributed by atoms with Crippen LogP contribution in [0.1, 0.15) is 37.2 Å². The number of furan rings is 1. The van der Waals surface area contributed by atoms with Crippen molar-refractivity contribution >= 4 is 0 Å². The maximum Gasteiger partial charge on any atom is 0.118 e. The van der Waals surface area contributed by atoms with Crippen molar-refractivity contribution in [3.63, 3.8) is 0 Å². The van der Waals surface area contributed by atoms with Gasteiger partial charge in [-0.2, -0.15) is 0 Å². The summed E-state index contributed by atoms with van der Waals surface area (Å²) in [6.45, 7) is 2.97. The molecular formula is C13H20N2O. The van der Waals surface area contributed by atoms with Gasteiger partial charge in [0, 0.05) is 18.1 Å². The monoisotopic (exact) mass is 220 g/mol. The number of rotatable bonds is 2. The van der Waals surface area contributed by atoms with Gasteiger partial charge in [0.1, 0.15) is 11.5 Å². The average Bonchev–Trinajstić information content (AvgIpc) is 2.72. The van der Waals surface area contributed by atoms with Gasteiger partial charge < -0.3 is 10.2 Å². The Hall–Kier alpha value is -0.800. The fourth-order valence-electron chi connectivity index (χ4n) is 3.32. The lowest BCUT2D eigenvalue weighted by Gasteiger charge is -2.37. The zero-order chi connectivity index (χ0) is 11.1. The molecular weight excluding hydrogens is 200 g/mol. The van der Waals surface area contributed by atoms with Crippen LogP contribution in [-0.2, 0) is 6.54 Å². The number of piperidine rings is 1. The topological polar surface area (TPSA) is 42.4 Å². The predicted octanol–water partition coefficient (Wildman–Crippen LogP) is 2.04. The summed E-state index contributed by atoms with van der Waals surface area (Å²) >= 11 is 0. The van der Waals surface area contributed by atoms with Crippen LogP contribution in [0.5, 0.6) is 0 Å². The SMILES string of the molecule is Cc1ccc(CN2C3CCC2CC(N)C3)o1. The van der Waals surface area contributed by atoms with Gasteiger partial charge in [0.05, 0.1) is 6.54 Å². The first-order valence-electron chi connectivity index (χ1n) is 6.29. The quantitative estimate of drug-likeness (QED) is 0.829. The van der Waals surface area contributed by atoms with Crippen LogP contribution < -0.4 is 5.73 Å². The fraction of sp³-hybridized carbons (Fsp3) is 0.692. The maximum atomic E-state index is 6.07. The van der Waals surface area contributed by atoms with Gasteiger partial charge in [-0.15, -0.1) is 0 Å². The van der Waals surface area contributed by atoms with Crippen LogP contribution in [0, 0.1) is 6.92 Å². The van der Waals surface area contributed by atoms with E-state index in [-0.39, 0.29) is 0 Å². The first-order chi connectivity index (χ1) is 7.72. The average molecular weight is 220 g/mol. The van der Waals surface area contributed by atoms with E-state index in [1.165, 1.54) is 12.8 Å². The molecule has 3 rings (SSSR count). The number of fused-ring (bicyclic) bond motifs is 2. The molecule has 2 aliphatic heterocycles. The van der Waals surface area contributed by atoms with Gasteiger partial charge in [-0.1, -0.05) is 0 Å². The highest BCUT2D eigenvalue weighted by Gasteiger charge is 2.39. The number of hydrogen-bond donors (Lipinski definition) is 1. The molecule has 0 aliphatic carbocycles. The van der Waals surface area contributed by atoms with E-state index in [2.05, 4.69) is 11.0 Å². The highest BCUT2D eigenvalue weighted by atomic mass is 16.3. The summed E-state index contributed by atoms with van der Waals surface area (Å²) < 4.78 is 5.66. The minimum atomic E-state index is 0.423. The molecule has 2 atom stereocenters. The fourth-order valence-corrected chi connectivity index (χ4v) is 3.32. The predicted molar refractivity (Wildman–Crippen MR) is 63.0 cm³/mol. The molecule has 3 heterocycles. The molecule has 2 unspecified atom stereocenters. The van der Waals surface area contributed by atoms with E-state index in [1.807, 2.05) is 13.0 Å². The van der Waals surface area contributed by atoms with E-state index in [0.717, 1.165) is 30.9 Å². The van der Waals surface area contributed by atoms with Crippen molar-refractivity contribution in [3.8, 4) is 0 Å². The van der Waals surface area contributed by atoms with Gasteiger partial charge in [-0.3, -0.25) is 4.90 Å². The van der Waals surface area contributed by atoms with Crippen molar-refractivity contribution < 1.29 is 4.42 Å². The van der Waals surface area contributed by atoms with E-state index >= 15 is 0 Å². The van der Waals surface area contributed by atoms with E-state index < -0.39 is 0 Å². The van der Waals surface area contributed by atoms with E-state index in [4.69, 9.17) is 10.2 Å². The van der Waals surface area contributed by atoms with Gasteiger partial charge in [-0.25, -0.2) is 0 Å². The van der Waals surface area contributed by atoms with Gasteiger partial charge in [0.25, 0.3) is 0 Å². The van der Waals surface area contributed by atoms with Crippen LogP contribution in [0.3, 0.4) is 0 Å². The Morgan fingerprint density at radius 2 is 2.00 bits per heavy atom. The third-order valence-corrected chi connectivity index (χ3v) is 4.06. The Morgan fingerprint density at radius 3 is 2.56 bits per heavy atom. The largest absolute Gasteiger partial charge is 0.465 e. The molecule has 1 aromatic rings. The maximum absolute atomic E-state index is 6.07. The third-order valence-electron chi connectivity index (χ3n) is 4.06. The molecule has 2 aliphatic rings. The first kappa shape index (κ1) is 10.4. The molecule has 2 bridgehead atoms. The van der Waals surface area contributed by atoms with Crippen LogP contribution >= 0.6 is 0 Å². The smallest absolute Gasteiger partial charge is 0.118 e. The molecule has 88 valence electrons. The highest BCUT2D eigenvalue weighted by molar-refractivity contribution is 5.07. The van der Waals surface area contributed by atoms with Crippen LogP contribution in [-0.4, -0.2) is 23.0 Å². The standard InChI is InChI=1S/C13H20N2O/c1-9-2-5-13(16-9)8-15-11-3-4-12(15)7-10(14)6-11/h2,5,10-12H,3-4,6-8,14H2,1H3. The number of nitrogens with two attached hydrogens (primary N) is 1. The molecule has 3 heteroatoms. The van der Waals surface area contributed by atoms with Crippen LogP contribution in [0.4, 0.5) is 0 Å². The molecule has 2 N–H and O–H groups in total. The lowest BCUT2D eigenvalue weighted by molar-refractivity contribution is 0.110. The van der Waals surface area contributed by atoms with Crippen LogP contribution in [0.15, 0.2) is 16.5 Å². The second-order valence-corrected chi connectivity index (χ2v) is 5.30. The minimum Gasteiger partial charge on any atom is -0.465 e. The second-order valence-electron chi connectivity index (χ2n) is 5.30. The Bertz CT molecular complexity index is 360. The van der Waals surface area contributed by atoms with Crippen molar-refractivity contribution in [2.45, 2.75) is 57.3 Å². The molecule has 0 spiro atoms. The summed E-state index contributed by atoms with van der Waals surface area (Å²) in [7, 11) is 0. The zero-order valence-corrected chi connectivity index (χ0v) is 9.86. The van der Waals surface area contributed by atoms with Gasteiger partial charge in [-0.05, 0) is 44.7 Å². The summed E-state index contributed by atoms with van der Waals surface area (Å²) in [6, 6.07) is 5.96. The lowest BCUT2D eigenvalue weighted by atomic mass is 9.98. The lowest BCUT2D eigenvalue weighted by Crippen LogP contribution is -2.46. The van der Waals surface area contributed by atoms with Crippen molar-refractivity contribution in [3.05, 3.63) is 23.7 Å². The summed E-state index contributed by atoms with van der Waals surface area (Å²) in [5.74, 6) is 2.11. The third kappa shape index (κ3) is 1.78. The van der Waals surface area contributed by atoms with Crippen molar-refractivity contribution in [1.29, 1.82) is 0 Å². The van der Waals surface area contributed by atoms with Crippen LogP contribution in [0.25, 0.3) is 0 Å². The van der Waals surface area contributed by atoms with Gasteiger partial charge >= 0.3 is 0 Å². The molecule has 0 radical (unpaired) electrons. The van der Waals surface area contributed by atoms with Gasteiger partial charge in [0.2, 0.25) is 0 Å². The molecule has 16 heavy (non-hydrogen) atoms. The Kier molecular flexibility index (Phi) is 2.52. The van der Waals surface area contributed by atoms with Crippen molar-refractivity contribution in [1.82, 2.24) is 4.90 Å². The molecule has 2 fully saturated rings. The molecule has 0 aromatic carbocycles. The highest BCUT2D eigenvalue weighted by Crippen LogP contribution is 2.36. The first-order valence-corrected chi connectivity index (χ1v) is 6.29. The Labute approximate surface area is 96.6 Å². The summed E-state index contributed by atoms with van der Waals surface area (Å²) in [5, 5.41) is 0. The molecule has 0 saturated carbocycles. The van der Waals surface area contributed by atoms with Crippen molar-refractivity contribution in [2.24, 2.45) is 5.73 Å². The van der Waals surface area contributed by atoms with Crippen LogP contribution in [0.2, 0.25) is 0 Å². The molecule has 2 saturated heterocycles. The zero-order valence-electron chi connectivity index (χ0n) is 9.86. The normalized spacial score (nSPS) is 34.5. The van der Waals surface area contributed by atoms with Gasteiger partial charge in [0.15, 0.2) is 0 Å². The summed E-state index contributed by atoms with van der Waals surface area (Å²) in [4.78, 5) is 2.60. The number of hydrogen-bond acceptors (Lipinski definition) is 3. The summed E-state index contributed by atoms with van der Waals surface area (Å²) in [5.41, 5.74) is 6.07. The number of nitrogens with zero attached hydrogens (tertiary/aromatic N) is 1. The molecule has 1 aromatic heterocycles. The summed E-state index contributed by atoms with van der Waals surface area (Å²) in [6.07, 6.45) is 4.96. The molecule has 3 nitrogen and oxygen atoms in total. The second kappa shape index (κ2) is 3.90. The Balaban J connectivity index is 1.72. The van der Waals surface area contributed by atoms with E-state index in [1.54, 1.807) is 0 Å². The minimum absolute atomic E-state index is 0.423. The van der Waals surface area contributed by atoms with E-state index in [0.29, 0.717) is 18.1 Å². The van der Waals surface area contributed by atoms with Crippen molar-refractivity contribution in [2.75, 3.05) is 0 Å². The Morgan fingerprint density at radius 1 is 1.31 bits per heavy atom. The van der Waals surface area contributed by atoms with E-state index in [9.17, 15) is 0 Å².